The van der Waals surface area contributed by atoms with Crippen molar-refractivity contribution in [2.45, 2.75) is 18.4 Å². The average Bonchev–Trinajstić information content (AvgIpc) is 3.07. The molecule has 0 amide bonds. The smallest absolute Gasteiger partial charge is 0.169 e. The van der Waals surface area contributed by atoms with Crippen LogP contribution in [0.1, 0.15) is 29.7 Å². The molecular formula is C15H16BrNO. The van der Waals surface area contributed by atoms with E-state index in [2.05, 4.69) is 51.6 Å². The second-order valence-corrected chi connectivity index (χ2v) is 5.61. The number of halogens is 1. The van der Waals surface area contributed by atoms with Crippen LogP contribution < -0.4 is 5.32 Å². The van der Waals surface area contributed by atoms with Gasteiger partial charge in [-0.2, -0.15) is 0 Å². The minimum atomic E-state index is 0.307. The van der Waals surface area contributed by atoms with Crippen LogP contribution in [0.15, 0.2) is 51.6 Å². The van der Waals surface area contributed by atoms with Crippen LogP contribution in [-0.4, -0.2) is 7.05 Å². The van der Waals surface area contributed by atoms with E-state index < -0.39 is 0 Å². The summed E-state index contributed by atoms with van der Waals surface area (Å²) >= 11 is 3.36. The summed E-state index contributed by atoms with van der Waals surface area (Å²) in [5, 5.41) is 3.38. The minimum absolute atomic E-state index is 0.307. The van der Waals surface area contributed by atoms with E-state index in [1.165, 1.54) is 12.0 Å². The van der Waals surface area contributed by atoms with E-state index in [4.69, 9.17) is 4.42 Å². The third kappa shape index (κ3) is 2.25. The van der Waals surface area contributed by atoms with E-state index in [0.717, 1.165) is 10.4 Å². The highest BCUT2D eigenvalue weighted by Gasteiger charge is 2.44. The van der Waals surface area contributed by atoms with Gasteiger partial charge >= 0.3 is 0 Å². The van der Waals surface area contributed by atoms with Crippen LogP contribution in [0, 0.1) is 5.92 Å². The quantitative estimate of drug-likeness (QED) is 0.919. The largest absolute Gasteiger partial charge is 0.453 e. The molecule has 0 saturated heterocycles. The van der Waals surface area contributed by atoms with Gasteiger partial charge in [0.1, 0.15) is 5.76 Å². The Morgan fingerprint density at radius 1 is 1.22 bits per heavy atom. The Labute approximate surface area is 116 Å². The predicted molar refractivity (Wildman–Crippen MR) is 75.5 cm³/mol. The van der Waals surface area contributed by atoms with Gasteiger partial charge in [0.05, 0.1) is 6.04 Å². The summed E-state index contributed by atoms with van der Waals surface area (Å²) in [7, 11) is 2.00. The lowest BCUT2D eigenvalue weighted by Crippen LogP contribution is -2.18. The fourth-order valence-corrected chi connectivity index (χ4v) is 3.05. The highest BCUT2D eigenvalue weighted by molar-refractivity contribution is 9.10. The van der Waals surface area contributed by atoms with Crippen molar-refractivity contribution in [2.75, 3.05) is 7.05 Å². The SMILES string of the molecule is CNC(c1ccc(Br)o1)C1CC1c1ccccc1. The zero-order valence-electron chi connectivity index (χ0n) is 10.3. The van der Waals surface area contributed by atoms with Crippen LogP contribution in [0.25, 0.3) is 0 Å². The summed E-state index contributed by atoms with van der Waals surface area (Å²) in [6, 6.07) is 15.0. The van der Waals surface area contributed by atoms with Gasteiger partial charge in [0.15, 0.2) is 4.67 Å². The van der Waals surface area contributed by atoms with E-state index in [9.17, 15) is 0 Å². The maximum Gasteiger partial charge on any atom is 0.169 e. The molecule has 3 atom stereocenters. The van der Waals surface area contributed by atoms with Crippen LogP contribution in [0.4, 0.5) is 0 Å². The van der Waals surface area contributed by atoms with Gasteiger partial charge < -0.3 is 9.73 Å². The Bertz CT molecular complexity index is 522. The van der Waals surface area contributed by atoms with E-state index in [0.29, 0.717) is 17.9 Å². The molecule has 2 aromatic rings. The predicted octanol–water partition coefficient (Wildman–Crippen LogP) is 4.11. The molecule has 1 aromatic heterocycles. The number of rotatable bonds is 4. The van der Waals surface area contributed by atoms with Gasteiger partial charge in [-0.05, 0) is 58.9 Å². The molecule has 94 valence electrons. The molecule has 1 aromatic carbocycles. The van der Waals surface area contributed by atoms with Crippen LogP contribution in [0.5, 0.6) is 0 Å². The lowest BCUT2D eigenvalue weighted by atomic mass is 10.0. The van der Waals surface area contributed by atoms with Crippen molar-refractivity contribution in [1.82, 2.24) is 5.32 Å². The summed E-state index contributed by atoms with van der Waals surface area (Å²) in [4.78, 5) is 0. The summed E-state index contributed by atoms with van der Waals surface area (Å²) in [5.74, 6) is 2.32. The number of hydrogen-bond donors (Lipinski definition) is 1. The summed E-state index contributed by atoms with van der Waals surface area (Å²) in [6.07, 6.45) is 1.23. The fraction of sp³-hybridized carbons (Fsp3) is 0.333. The molecule has 2 nitrogen and oxygen atoms in total. The van der Waals surface area contributed by atoms with Crippen LogP contribution in [0.2, 0.25) is 0 Å². The third-order valence-corrected chi connectivity index (χ3v) is 4.13. The van der Waals surface area contributed by atoms with E-state index in [1.807, 2.05) is 19.2 Å². The van der Waals surface area contributed by atoms with Gasteiger partial charge in [-0.25, -0.2) is 0 Å². The molecule has 0 aliphatic heterocycles. The maximum atomic E-state index is 5.68. The van der Waals surface area contributed by atoms with Gasteiger partial charge in [-0.1, -0.05) is 30.3 Å². The Kier molecular flexibility index (Phi) is 3.27. The molecular weight excluding hydrogens is 290 g/mol. The fourth-order valence-electron chi connectivity index (χ4n) is 2.73. The second kappa shape index (κ2) is 4.90. The first-order valence-corrected chi connectivity index (χ1v) is 7.06. The first kappa shape index (κ1) is 12.0. The first-order chi connectivity index (χ1) is 8.79. The van der Waals surface area contributed by atoms with Gasteiger partial charge in [0.25, 0.3) is 0 Å². The maximum absolute atomic E-state index is 5.68. The van der Waals surface area contributed by atoms with Crippen molar-refractivity contribution < 1.29 is 4.42 Å². The molecule has 3 rings (SSSR count). The van der Waals surface area contributed by atoms with Crippen molar-refractivity contribution in [2.24, 2.45) is 5.92 Å². The van der Waals surface area contributed by atoms with Gasteiger partial charge in [0, 0.05) is 0 Å². The number of hydrogen-bond acceptors (Lipinski definition) is 2. The number of benzene rings is 1. The molecule has 18 heavy (non-hydrogen) atoms. The van der Waals surface area contributed by atoms with Gasteiger partial charge in [-0.15, -0.1) is 0 Å². The Morgan fingerprint density at radius 2 is 2.00 bits per heavy atom. The lowest BCUT2D eigenvalue weighted by molar-refractivity contribution is 0.388. The second-order valence-electron chi connectivity index (χ2n) is 4.82. The van der Waals surface area contributed by atoms with Crippen molar-refractivity contribution in [3.8, 4) is 0 Å². The molecule has 0 spiro atoms. The molecule has 1 aliphatic rings. The van der Waals surface area contributed by atoms with Gasteiger partial charge in [0.2, 0.25) is 0 Å². The van der Waals surface area contributed by atoms with Crippen LogP contribution in [-0.2, 0) is 0 Å². The molecule has 0 bridgehead atoms. The summed E-state index contributed by atoms with van der Waals surface area (Å²) in [6.45, 7) is 0. The minimum Gasteiger partial charge on any atom is -0.453 e. The van der Waals surface area contributed by atoms with Crippen LogP contribution in [0.3, 0.4) is 0 Å². The number of furan rings is 1. The third-order valence-electron chi connectivity index (χ3n) is 3.71. The average molecular weight is 306 g/mol. The molecule has 3 unspecified atom stereocenters. The zero-order chi connectivity index (χ0) is 12.5. The molecule has 1 heterocycles. The van der Waals surface area contributed by atoms with E-state index in [1.54, 1.807) is 0 Å². The van der Waals surface area contributed by atoms with Crippen molar-refractivity contribution in [3.05, 3.63) is 58.5 Å². The molecule has 1 aliphatic carbocycles. The standard InChI is InChI=1S/C15H16BrNO/c1-17-15(13-7-8-14(16)18-13)12-9-11(12)10-5-3-2-4-6-10/h2-8,11-12,15,17H,9H2,1H3. The molecule has 0 radical (unpaired) electrons. The van der Waals surface area contributed by atoms with E-state index in [-0.39, 0.29) is 0 Å². The highest BCUT2D eigenvalue weighted by atomic mass is 79.9. The molecule has 1 N–H and O–H groups in total. The monoisotopic (exact) mass is 305 g/mol. The molecule has 1 fully saturated rings. The Hall–Kier alpha value is -1.06. The Morgan fingerprint density at radius 3 is 2.61 bits per heavy atom. The first-order valence-electron chi connectivity index (χ1n) is 6.27. The molecule has 3 heteroatoms. The Balaban J connectivity index is 1.76. The normalized spacial score (nSPS) is 23.9. The summed E-state index contributed by atoms with van der Waals surface area (Å²) in [5.41, 5.74) is 1.44. The number of nitrogens with one attached hydrogen (secondary N) is 1. The van der Waals surface area contributed by atoms with Crippen molar-refractivity contribution in [3.63, 3.8) is 0 Å². The lowest BCUT2D eigenvalue weighted by Gasteiger charge is -2.13. The van der Waals surface area contributed by atoms with Gasteiger partial charge in [-0.3, -0.25) is 0 Å². The molecule has 1 saturated carbocycles. The zero-order valence-corrected chi connectivity index (χ0v) is 11.9. The summed E-state index contributed by atoms with van der Waals surface area (Å²) < 4.78 is 6.48. The van der Waals surface area contributed by atoms with E-state index >= 15 is 0 Å². The van der Waals surface area contributed by atoms with Crippen LogP contribution >= 0.6 is 15.9 Å². The highest BCUT2D eigenvalue weighted by Crippen LogP contribution is 2.54. The van der Waals surface area contributed by atoms with Crippen molar-refractivity contribution >= 4 is 15.9 Å². The van der Waals surface area contributed by atoms with Crippen molar-refractivity contribution in [1.29, 1.82) is 0 Å². The topological polar surface area (TPSA) is 25.2 Å².